The van der Waals surface area contributed by atoms with Gasteiger partial charge in [-0.15, -0.1) is 0 Å². The van der Waals surface area contributed by atoms with E-state index in [2.05, 4.69) is 69.6 Å². The van der Waals surface area contributed by atoms with E-state index >= 15 is 0 Å². The van der Waals surface area contributed by atoms with Gasteiger partial charge in [-0.05, 0) is 69.3 Å². The lowest BCUT2D eigenvalue weighted by atomic mass is 10.0. The normalized spacial score (nSPS) is 14.8. The molecule has 0 aliphatic carbocycles. The van der Waals surface area contributed by atoms with Crippen LogP contribution in [0.4, 0.5) is 5.82 Å². The fourth-order valence-corrected chi connectivity index (χ4v) is 5.35. The Kier molecular flexibility index (Phi) is 7.44. The van der Waals surface area contributed by atoms with Gasteiger partial charge in [-0.1, -0.05) is 12.1 Å². The number of rotatable bonds is 7. The summed E-state index contributed by atoms with van der Waals surface area (Å²) >= 11 is 0. The molecule has 3 aromatic heterocycles. The van der Waals surface area contributed by atoms with Crippen molar-refractivity contribution in [3.05, 3.63) is 65.6 Å². The molecule has 1 aromatic carbocycles. The van der Waals surface area contributed by atoms with Gasteiger partial charge in [0.1, 0.15) is 11.9 Å². The van der Waals surface area contributed by atoms with Crippen LogP contribution in [0.15, 0.2) is 48.7 Å². The molecule has 0 radical (unpaired) electrons. The summed E-state index contributed by atoms with van der Waals surface area (Å²) in [6, 6.07) is 14.7. The highest BCUT2D eigenvalue weighted by molar-refractivity contribution is 5.93. The Labute approximate surface area is 224 Å². The zero-order valence-corrected chi connectivity index (χ0v) is 22.8. The molecule has 38 heavy (non-hydrogen) atoms. The summed E-state index contributed by atoms with van der Waals surface area (Å²) in [6.07, 6.45) is 1.94. The zero-order chi connectivity index (χ0) is 26.8. The second-order valence-electron chi connectivity index (χ2n) is 10.0. The number of benzene rings is 1. The van der Waals surface area contributed by atoms with Crippen LogP contribution in [0.1, 0.15) is 17.0 Å². The minimum atomic E-state index is -0.307. The van der Waals surface area contributed by atoms with Crippen molar-refractivity contribution in [3.8, 4) is 22.4 Å². The van der Waals surface area contributed by atoms with Crippen LogP contribution >= 0.6 is 0 Å². The molecule has 1 atom stereocenters. The highest BCUT2D eigenvalue weighted by Crippen LogP contribution is 2.33. The summed E-state index contributed by atoms with van der Waals surface area (Å²) < 4.78 is 5.17. The Balaban J connectivity index is 1.30. The predicted octanol–water partition coefficient (Wildman–Crippen LogP) is 4.10. The van der Waals surface area contributed by atoms with Gasteiger partial charge in [0.25, 0.3) is 0 Å². The number of aromatic amines is 1. The number of carbonyl (C=O) groups is 1. The SMILES string of the molecule is CN[C@@H](COC)C(=O)N1CCN(c2ccc(-c3ccc4c(C)c(-c5cc(C)nc(C)c5)[nH]c4c3)cn2)CC1. The Morgan fingerprint density at radius 3 is 2.34 bits per heavy atom. The molecule has 8 heteroatoms. The number of aryl methyl sites for hydroxylation is 3. The lowest BCUT2D eigenvalue weighted by Gasteiger charge is -2.36. The summed E-state index contributed by atoms with van der Waals surface area (Å²) in [6.45, 7) is 9.46. The number of hydrogen-bond acceptors (Lipinski definition) is 6. The van der Waals surface area contributed by atoms with E-state index in [1.807, 2.05) is 24.9 Å². The molecule has 8 nitrogen and oxygen atoms in total. The van der Waals surface area contributed by atoms with Crippen LogP contribution in [0.2, 0.25) is 0 Å². The van der Waals surface area contributed by atoms with E-state index in [-0.39, 0.29) is 11.9 Å². The second kappa shape index (κ2) is 10.9. The van der Waals surface area contributed by atoms with E-state index in [1.54, 1.807) is 14.2 Å². The van der Waals surface area contributed by atoms with Gasteiger partial charge in [0.05, 0.1) is 6.61 Å². The van der Waals surface area contributed by atoms with E-state index in [0.717, 1.165) is 52.6 Å². The molecule has 1 saturated heterocycles. The van der Waals surface area contributed by atoms with E-state index < -0.39 is 0 Å². The van der Waals surface area contributed by atoms with Crippen LogP contribution in [0, 0.1) is 20.8 Å². The molecule has 0 spiro atoms. The van der Waals surface area contributed by atoms with E-state index in [9.17, 15) is 4.79 Å². The highest BCUT2D eigenvalue weighted by atomic mass is 16.5. The maximum Gasteiger partial charge on any atom is 0.242 e. The van der Waals surface area contributed by atoms with Gasteiger partial charge in [0.15, 0.2) is 0 Å². The van der Waals surface area contributed by atoms with Crippen LogP contribution in [-0.2, 0) is 9.53 Å². The molecule has 1 aliphatic heterocycles. The fraction of sp³-hybridized carbons (Fsp3) is 0.367. The number of H-pyrrole nitrogens is 1. The number of likely N-dealkylation sites (N-methyl/N-ethyl adjacent to an activating group) is 1. The van der Waals surface area contributed by atoms with Crippen molar-refractivity contribution in [1.29, 1.82) is 0 Å². The number of fused-ring (bicyclic) bond motifs is 1. The average Bonchev–Trinajstić information content (AvgIpc) is 3.26. The second-order valence-corrected chi connectivity index (χ2v) is 10.0. The number of anilines is 1. The van der Waals surface area contributed by atoms with Gasteiger partial charge in [0.2, 0.25) is 5.91 Å². The number of nitrogens with one attached hydrogen (secondary N) is 2. The molecule has 4 heterocycles. The third-order valence-corrected chi connectivity index (χ3v) is 7.40. The molecule has 0 bridgehead atoms. The van der Waals surface area contributed by atoms with Crippen molar-refractivity contribution < 1.29 is 9.53 Å². The number of ether oxygens (including phenoxy) is 1. The molecule has 4 aromatic rings. The Hall–Kier alpha value is -3.75. The summed E-state index contributed by atoms with van der Waals surface area (Å²) in [5.74, 6) is 1.02. The number of carbonyl (C=O) groups excluding carboxylic acids is 1. The van der Waals surface area contributed by atoms with Crippen LogP contribution in [0.25, 0.3) is 33.3 Å². The van der Waals surface area contributed by atoms with Crippen molar-refractivity contribution in [1.82, 2.24) is 25.2 Å². The third-order valence-electron chi connectivity index (χ3n) is 7.40. The van der Waals surface area contributed by atoms with Crippen molar-refractivity contribution in [3.63, 3.8) is 0 Å². The van der Waals surface area contributed by atoms with Crippen LogP contribution < -0.4 is 10.2 Å². The van der Waals surface area contributed by atoms with Gasteiger partial charge < -0.3 is 24.8 Å². The number of pyridine rings is 2. The number of aromatic nitrogens is 3. The first kappa shape index (κ1) is 25.9. The molecule has 1 fully saturated rings. The summed E-state index contributed by atoms with van der Waals surface area (Å²) in [4.78, 5) is 29.8. The molecule has 1 amide bonds. The lowest BCUT2D eigenvalue weighted by molar-refractivity contribution is -0.134. The summed E-state index contributed by atoms with van der Waals surface area (Å²) in [5.41, 5.74) is 8.89. The van der Waals surface area contributed by atoms with Crippen molar-refractivity contribution in [2.24, 2.45) is 0 Å². The van der Waals surface area contributed by atoms with Crippen molar-refractivity contribution >= 4 is 22.6 Å². The monoisotopic (exact) mass is 512 g/mol. The number of methoxy groups -OCH3 is 1. The van der Waals surface area contributed by atoms with E-state index in [1.165, 1.54) is 16.5 Å². The number of hydrogen-bond donors (Lipinski definition) is 2. The molecule has 0 saturated carbocycles. The first-order valence-corrected chi connectivity index (χ1v) is 13.1. The molecular formula is C30H36N6O2. The van der Waals surface area contributed by atoms with Crippen LogP contribution in [0.5, 0.6) is 0 Å². The summed E-state index contributed by atoms with van der Waals surface area (Å²) in [7, 11) is 3.41. The zero-order valence-electron chi connectivity index (χ0n) is 22.8. The largest absolute Gasteiger partial charge is 0.383 e. The Morgan fingerprint density at radius 2 is 1.71 bits per heavy atom. The van der Waals surface area contributed by atoms with Gasteiger partial charge in [-0.2, -0.15) is 0 Å². The predicted molar refractivity (Wildman–Crippen MR) is 152 cm³/mol. The smallest absolute Gasteiger partial charge is 0.242 e. The molecule has 1 aliphatic rings. The maximum atomic E-state index is 12.7. The highest BCUT2D eigenvalue weighted by Gasteiger charge is 2.27. The minimum Gasteiger partial charge on any atom is -0.383 e. The number of piperazine rings is 1. The standard InChI is InChI=1S/C30H36N6O2/c1-19-14-24(15-20(2)33-19)29-21(3)25-8-6-22(16-26(25)34-29)23-7-9-28(32-17-23)35-10-12-36(13-11-35)30(37)27(31-4)18-38-5/h6-9,14-17,27,31,34H,10-13,18H2,1-5H3/t27-/m0/s1. The van der Waals surface area contributed by atoms with Crippen molar-refractivity contribution in [2.75, 3.05) is 51.8 Å². The molecular weight excluding hydrogens is 476 g/mol. The van der Waals surface area contributed by atoms with Gasteiger partial charge in [-0.25, -0.2) is 4.98 Å². The van der Waals surface area contributed by atoms with Crippen LogP contribution in [0.3, 0.4) is 0 Å². The van der Waals surface area contributed by atoms with Gasteiger partial charge in [0, 0.05) is 78.6 Å². The maximum absolute atomic E-state index is 12.7. The van der Waals surface area contributed by atoms with Crippen molar-refractivity contribution in [2.45, 2.75) is 26.8 Å². The average molecular weight is 513 g/mol. The summed E-state index contributed by atoms with van der Waals surface area (Å²) in [5, 5.41) is 4.27. The third kappa shape index (κ3) is 5.14. The molecule has 198 valence electrons. The lowest BCUT2D eigenvalue weighted by Crippen LogP contribution is -2.55. The van der Waals surface area contributed by atoms with Gasteiger partial charge in [-0.3, -0.25) is 9.78 Å². The first-order valence-electron chi connectivity index (χ1n) is 13.1. The number of nitrogens with zero attached hydrogens (tertiary/aromatic N) is 4. The van der Waals surface area contributed by atoms with Crippen LogP contribution in [-0.4, -0.2) is 78.7 Å². The first-order chi connectivity index (χ1) is 18.4. The minimum absolute atomic E-state index is 0.0876. The Morgan fingerprint density at radius 1 is 1.00 bits per heavy atom. The molecule has 5 rings (SSSR count). The van der Waals surface area contributed by atoms with Gasteiger partial charge >= 0.3 is 0 Å². The fourth-order valence-electron chi connectivity index (χ4n) is 5.35. The quantitative estimate of drug-likeness (QED) is 0.388. The van der Waals surface area contributed by atoms with E-state index in [4.69, 9.17) is 9.72 Å². The number of amides is 1. The molecule has 2 N–H and O–H groups in total. The molecule has 0 unspecified atom stereocenters. The topological polar surface area (TPSA) is 86.4 Å². The van der Waals surface area contributed by atoms with E-state index in [0.29, 0.717) is 19.7 Å². The Bertz CT molecular complexity index is 1420.